The lowest BCUT2D eigenvalue weighted by atomic mass is 9.81. The monoisotopic (exact) mass is 389 g/mol. The summed E-state index contributed by atoms with van der Waals surface area (Å²) in [6.07, 6.45) is 3.49. The Labute approximate surface area is 156 Å². The van der Waals surface area contributed by atoms with Crippen LogP contribution in [0.4, 0.5) is 5.69 Å². The van der Waals surface area contributed by atoms with Gasteiger partial charge in [-0.1, -0.05) is 13.8 Å². The maximum absolute atomic E-state index is 12.5. The molecule has 6 nitrogen and oxygen atoms in total. The zero-order chi connectivity index (χ0) is 17.8. The summed E-state index contributed by atoms with van der Waals surface area (Å²) in [6.45, 7) is 4.66. The third kappa shape index (κ3) is 5.41. The quantitative estimate of drug-likeness (QED) is 0.603. The van der Waals surface area contributed by atoms with Crippen LogP contribution in [0, 0.1) is 11.3 Å². The fourth-order valence-electron chi connectivity index (χ4n) is 2.57. The molecule has 0 aromatic heterocycles. The van der Waals surface area contributed by atoms with E-state index < -0.39 is 15.4 Å². The van der Waals surface area contributed by atoms with Crippen molar-refractivity contribution in [1.82, 2.24) is 4.72 Å². The standard InChI is InChI=1S/C17H27N3O3S.ClH/c1-3-17(4-2,12-18)16(21)20-14-7-9-15(10-8-14)24(22,23)19-11-13-5-6-13;/h7-10,13,19H,3-6,11-12,18H2,1-2H3,(H,20,21);1H. The SMILES string of the molecule is CCC(CC)(CN)C(=O)Nc1ccc(S(=O)(=O)NCC2CC2)cc1.Cl. The van der Waals surface area contributed by atoms with Crippen molar-refractivity contribution in [1.29, 1.82) is 0 Å². The molecule has 8 heteroatoms. The first-order valence-electron chi connectivity index (χ1n) is 8.48. The zero-order valence-electron chi connectivity index (χ0n) is 14.7. The average Bonchev–Trinajstić information content (AvgIpc) is 3.40. The van der Waals surface area contributed by atoms with Gasteiger partial charge in [0, 0.05) is 18.8 Å². The van der Waals surface area contributed by atoms with Gasteiger partial charge in [-0.15, -0.1) is 12.4 Å². The van der Waals surface area contributed by atoms with E-state index in [1.54, 1.807) is 12.1 Å². The molecule has 2 rings (SSSR count). The van der Waals surface area contributed by atoms with Crippen LogP contribution in [0.1, 0.15) is 39.5 Å². The number of rotatable bonds is 9. The molecule has 142 valence electrons. The first-order chi connectivity index (χ1) is 11.4. The molecule has 0 radical (unpaired) electrons. The largest absolute Gasteiger partial charge is 0.329 e. The van der Waals surface area contributed by atoms with E-state index in [9.17, 15) is 13.2 Å². The molecule has 1 aliphatic carbocycles. The lowest BCUT2D eigenvalue weighted by molar-refractivity contribution is -0.125. The highest BCUT2D eigenvalue weighted by Crippen LogP contribution is 2.29. The van der Waals surface area contributed by atoms with Crippen molar-refractivity contribution in [3.05, 3.63) is 24.3 Å². The van der Waals surface area contributed by atoms with Crippen LogP contribution in [0.2, 0.25) is 0 Å². The van der Waals surface area contributed by atoms with Gasteiger partial charge in [0.05, 0.1) is 10.3 Å². The normalized spacial score (nSPS) is 14.7. The van der Waals surface area contributed by atoms with Gasteiger partial charge in [-0.05, 0) is 55.9 Å². The summed E-state index contributed by atoms with van der Waals surface area (Å²) in [5.41, 5.74) is 5.76. The van der Waals surface area contributed by atoms with Gasteiger partial charge in [0.15, 0.2) is 0 Å². The highest BCUT2D eigenvalue weighted by Gasteiger charge is 2.33. The van der Waals surface area contributed by atoms with E-state index in [1.165, 1.54) is 12.1 Å². The van der Waals surface area contributed by atoms with E-state index in [0.29, 0.717) is 31.0 Å². The van der Waals surface area contributed by atoms with Gasteiger partial charge in [0.1, 0.15) is 0 Å². The molecule has 1 aliphatic rings. The summed E-state index contributed by atoms with van der Waals surface area (Å²) in [6, 6.07) is 6.23. The zero-order valence-corrected chi connectivity index (χ0v) is 16.4. The molecule has 0 spiro atoms. The van der Waals surface area contributed by atoms with Crippen molar-refractivity contribution in [3.8, 4) is 0 Å². The van der Waals surface area contributed by atoms with Gasteiger partial charge in [0.25, 0.3) is 0 Å². The van der Waals surface area contributed by atoms with Crippen LogP contribution in [0.15, 0.2) is 29.2 Å². The minimum Gasteiger partial charge on any atom is -0.329 e. The third-order valence-electron chi connectivity index (χ3n) is 4.91. The second kappa shape index (κ2) is 8.98. The van der Waals surface area contributed by atoms with Gasteiger partial charge < -0.3 is 11.1 Å². The molecule has 0 atom stereocenters. The number of halogens is 1. The molecule has 0 aliphatic heterocycles. The predicted molar refractivity (Wildman–Crippen MR) is 102 cm³/mol. The molecular weight excluding hydrogens is 362 g/mol. The topological polar surface area (TPSA) is 101 Å². The highest BCUT2D eigenvalue weighted by molar-refractivity contribution is 7.89. The summed E-state index contributed by atoms with van der Waals surface area (Å²) in [7, 11) is -3.49. The molecule has 4 N–H and O–H groups in total. The number of amides is 1. The van der Waals surface area contributed by atoms with E-state index in [-0.39, 0.29) is 29.8 Å². The summed E-state index contributed by atoms with van der Waals surface area (Å²) in [5.74, 6) is 0.350. The van der Waals surface area contributed by atoms with Gasteiger partial charge in [-0.25, -0.2) is 13.1 Å². The molecule has 1 aromatic carbocycles. The van der Waals surface area contributed by atoms with Gasteiger partial charge in [-0.2, -0.15) is 0 Å². The molecule has 0 saturated heterocycles. The average molecular weight is 390 g/mol. The number of sulfonamides is 1. The Balaban J connectivity index is 0.00000312. The molecule has 0 unspecified atom stereocenters. The number of hydrogen-bond donors (Lipinski definition) is 3. The van der Waals surface area contributed by atoms with E-state index in [4.69, 9.17) is 5.73 Å². The minimum atomic E-state index is -3.49. The Morgan fingerprint density at radius 1 is 1.20 bits per heavy atom. The lowest BCUT2D eigenvalue weighted by Gasteiger charge is -2.28. The fourth-order valence-corrected chi connectivity index (χ4v) is 3.68. The van der Waals surface area contributed by atoms with Crippen molar-refractivity contribution in [2.24, 2.45) is 17.1 Å². The Morgan fingerprint density at radius 3 is 2.20 bits per heavy atom. The van der Waals surface area contributed by atoms with Crippen LogP contribution in [0.5, 0.6) is 0 Å². The Hall–Kier alpha value is -1.15. The van der Waals surface area contributed by atoms with E-state index in [2.05, 4.69) is 10.0 Å². The Morgan fingerprint density at radius 2 is 1.76 bits per heavy atom. The van der Waals surface area contributed by atoms with E-state index in [0.717, 1.165) is 12.8 Å². The smallest absolute Gasteiger partial charge is 0.240 e. The number of carbonyl (C=O) groups excluding carboxylic acids is 1. The molecule has 1 aromatic rings. The van der Waals surface area contributed by atoms with Crippen LogP contribution in [-0.4, -0.2) is 27.4 Å². The van der Waals surface area contributed by atoms with Crippen molar-refractivity contribution in [2.45, 2.75) is 44.4 Å². The van der Waals surface area contributed by atoms with Crippen molar-refractivity contribution < 1.29 is 13.2 Å². The Bertz CT molecular complexity index is 661. The number of nitrogens with two attached hydrogens (primary N) is 1. The maximum atomic E-state index is 12.5. The van der Waals surface area contributed by atoms with Crippen LogP contribution in [0.3, 0.4) is 0 Å². The number of carbonyl (C=O) groups is 1. The van der Waals surface area contributed by atoms with Gasteiger partial charge in [-0.3, -0.25) is 4.79 Å². The first kappa shape index (κ1) is 21.9. The molecule has 1 saturated carbocycles. The third-order valence-corrected chi connectivity index (χ3v) is 6.35. The number of anilines is 1. The molecule has 25 heavy (non-hydrogen) atoms. The maximum Gasteiger partial charge on any atom is 0.240 e. The molecule has 1 fully saturated rings. The number of nitrogens with one attached hydrogen (secondary N) is 2. The fraction of sp³-hybridized carbons (Fsp3) is 0.588. The number of benzene rings is 1. The predicted octanol–water partition coefficient (Wildman–Crippen LogP) is 2.50. The first-order valence-corrected chi connectivity index (χ1v) is 9.96. The number of hydrogen-bond acceptors (Lipinski definition) is 4. The van der Waals surface area contributed by atoms with Crippen LogP contribution in [-0.2, 0) is 14.8 Å². The van der Waals surface area contributed by atoms with Gasteiger partial charge in [0.2, 0.25) is 15.9 Å². The molecule has 1 amide bonds. The van der Waals surface area contributed by atoms with Crippen molar-refractivity contribution >= 4 is 34.0 Å². The minimum absolute atomic E-state index is 0. The van der Waals surface area contributed by atoms with Crippen molar-refractivity contribution in [3.63, 3.8) is 0 Å². The van der Waals surface area contributed by atoms with Crippen LogP contribution >= 0.6 is 12.4 Å². The highest BCUT2D eigenvalue weighted by atomic mass is 35.5. The molecule has 0 heterocycles. The van der Waals surface area contributed by atoms with E-state index in [1.807, 2.05) is 13.8 Å². The molecule has 0 bridgehead atoms. The summed E-state index contributed by atoms with van der Waals surface area (Å²) < 4.78 is 27.0. The Kier molecular flexibility index (Phi) is 7.87. The van der Waals surface area contributed by atoms with Gasteiger partial charge >= 0.3 is 0 Å². The van der Waals surface area contributed by atoms with E-state index >= 15 is 0 Å². The van der Waals surface area contributed by atoms with Crippen molar-refractivity contribution in [2.75, 3.05) is 18.4 Å². The molecular formula is C17H28ClN3O3S. The second-order valence-corrected chi connectivity index (χ2v) is 8.23. The lowest BCUT2D eigenvalue weighted by Crippen LogP contribution is -2.41. The van der Waals surface area contributed by atoms with Crippen LogP contribution < -0.4 is 15.8 Å². The van der Waals surface area contributed by atoms with Crippen LogP contribution in [0.25, 0.3) is 0 Å². The summed E-state index contributed by atoms with van der Waals surface area (Å²) >= 11 is 0. The summed E-state index contributed by atoms with van der Waals surface area (Å²) in [5, 5.41) is 2.84. The second-order valence-electron chi connectivity index (χ2n) is 6.47. The summed E-state index contributed by atoms with van der Waals surface area (Å²) in [4.78, 5) is 12.7.